The summed E-state index contributed by atoms with van der Waals surface area (Å²) in [6.45, 7) is 2.79. The second kappa shape index (κ2) is 19.1. The Hall–Kier alpha value is -1.07. The van der Waals surface area contributed by atoms with Gasteiger partial charge in [0.1, 0.15) is 24.4 Å². The molecule has 1 aliphatic rings. The molecule has 9 heteroatoms. The van der Waals surface area contributed by atoms with Gasteiger partial charge in [0.2, 0.25) is 5.91 Å². The molecule has 7 unspecified atom stereocenters. The maximum absolute atomic E-state index is 11.6. The summed E-state index contributed by atoms with van der Waals surface area (Å²) in [6, 6.07) is -0.798. The Morgan fingerprint density at radius 3 is 2.06 bits per heavy atom. The smallest absolute Gasteiger partial charge is 0.217 e. The molecule has 0 aromatic heterocycles. The number of ether oxygens (including phenoxy) is 2. The van der Waals surface area contributed by atoms with E-state index in [1.54, 1.807) is 6.08 Å². The number of nitrogens with one attached hydrogen (secondary N) is 1. The number of allylic oxidation sites excluding steroid dienone is 1. The van der Waals surface area contributed by atoms with Crippen molar-refractivity contribution in [1.82, 2.24) is 5.32 Å². The molecule has 6 N–H and O–H groups in total. The molecule has 0 spiro atoms. The summed E-state index contributed by atoms with van der Waals surface area (Å²) in [5, 5.41) is 52.2. The lowest BCUT2D eigenvalue weighted by Crippen LogP contribution is -2.60. The molecule has 0 saturated carbocycles. The molecular formula is C26H49NO8. The maximum Gasteiger partial charge on any atom is 0.217 e. The van der Waals surface area contributed by atoms with Crippen LogP contribution in [0, 0.1) is 0 Å². The summed E-state index contributed by atoms with van der Waals surface area (Å²) in [5.41, 5.74) is 0. The van der Waals surface area contributed by atoms with Crippen LogP contribution >= 0.6 is 0 Å². The highest BCUT2D eigenvalue weighted by Gasteiger charge is 2.44. The van der Waals surface area contributed by atoms with Crippen LogP contribution in [0.4, 0.5) is 0 Å². The van der Waals surface area contributed by atoms with E-state index in [0.717, 1.165) is 19.3 Å². The number of aliphatic hydroxyl groups excluding tert-OH is 5. The Kier molecular flexibility index (Phi) is 17.4. The largest absolute Gasteiger partial charge is 0.394 e. The first-order valence-corrected chi connectivity index (χ1v) is 13.4. The highest BCUT2D eigenvalue weighted by molar-refractivity contribution is 5.73. The van der Waals surface area contributed by atoms with Crippen LogP contribution in [0.25, 0.3) is 0 Å². The number of amides is 1. The van der Waals surface area contributed by atoms with Crippen LogP contribution in [0.15, 0.2) is 12.2 Å². The molecule has 206 valence electrons. The number of unbranched alkanes of at least 4 members (excludes halogenated alkanes) is 11. The van der Waals surface area contributed by atoms with Crippen LogP contribution in [-0.2, 0) is 14.3 Å². The van der Waals surface area contributed by atoms with E-state index in [1.807, 2.05) is 6.08 Å². The van der Waals surface area contributed by atoms with Crippen molar-refractivity contribution >= 4 is 5.91 Å². The summed E-state index contributed by atoms with van der Waals surface area (Å²) >= 11 is 0. The lowest BCUT2D eigenvalue weighted by molar-refractivity contribution is -0.302. The van der Waals surface area contributed by atoms with Crippen LogP contribution in [0.5, 0.6) is 0 Å². The number of rotatable bonds is 19. The van der Waals surface area contributed by atoms with Crippen molar-refractivity contribution in [2.24, 2.45) is 0 Å². The van der Waals surface area contributed by atoms with Crippen molar-refractivity contribution in [2.75, 3.05) is 13.2 Å². The molecule has 1 saturated heterocycles. The second-order valence-corrected chi connectivity index (χ2v) is 9.58. The maximum atomic E-state index is 11.6. The molecule has 0 radical (unpaired) electrons. The summed E-state index contributed by atoms with van der Waals surface area (Å²) in [6.07, 6.45) is 10.3. The van der Waals surface area contributed by atoms with Crippen LogP contribution in [0.3, 0.4) is 0 Å². The van der Waals surface area contributed by atoms with Crippen molar-refractivity contribution in [3.63, 3.8) is 0 Å². The van der Waals surface area contributed by atoms with Crippen molar-refractivity contribution in [3.05, 3.63) is 12.2 Å². The van der Waals surface area contributed by atoms with E-state index in [9.17, 15) is 30.3 Å². The number of hydrogen-bond donors (Lipinski definition) is 6. The zero-order valence-electron chi connectivity index (χ0n) is 21.6. The van der Waals surface area contributed by atoms with E-state index in [1.165, 1.54) is 64.7 Å². The Balaban J connectivity index is 2.31. The van der Waals surface area contributed by atoms with Gasteiger partial charge in [-0.25, -0.2) is 0 Å². The molecule has 35 heavy (non-hydrogen) atoms. The van der Waals surface area contributed by atoms with Crippen molar-refractivity contribution in [2.45, 2.75) is 134 Å². The minimum atomic E-state index is -1.55. The summed E-state index contributed by atoms with van der Waals surface area (Å²) in [7, 11) is 0. The lowest BCUT2D eigenvalue weighted by Gasteiger charge is -2.40. The Morgan fingerprint density at radius 2 is 1.51 bits per heavy atom. The molecule has 0 aromatic rings. The van der Waals surface area contributed by atoms with Gasteiger partial charge >= 0.3 is 0 Å². The van der Waals surface area contributed by atoms with Gasteiger partial charge in [-0.2, -0.15) is 0 Å². The monoisotopic (exact) mass is 503 g/mol. The predicted octanol–water partition coefficient (Wildman–Crippen LogP) is 1.93. The van der Waals surface area contributed by atoms with E-state index in [-0.39, 0.29) is 12.5 Å². The van der Waals surface area contributed by atoms with Crippen molar-refractivity contribution in [1.29, 1.82) is 0 Å². The number of carbonyl (C=O) groups excluding carboxylic acids is 1. The molecule has 0 aliphatic carbocycles. The molecule has 7 atom stereocenters. The lowest BCUT2D eigenvalue weighted by atomic mass is 9.99. The third-order valence-corrected chi connectivity index (χ3v) is 6.40. The SMILES string of the molecule is CCCCCCCCCCCCCC=CC(O)C(COC1OC(CO)C(O)C(O)C1O)NC(C)=O. The summed E-state index contributed by atoms with van der Waals surface area (Å²) in [4.78, 5) is 11.6. The molecule has 0 bridgehead atoms. The highest BCUT2D eigenvalue weighted by atomic mass is 16.7. The van der Waals surface area contributed by atoms with Crippen molar-refractivity contribution < 1.29 is 39.8 Å². The summed E-state index contributed by atoms with van der Waals surface area (Å²) < 4.78 is 10.8. The minimum Gasteiger partial charge on any atom is -0.394 e. The van der Waals surface area contributed by atoms with E-state index in [2.05, 4.69) is 12.2 Å². The van der Waals surface area contributed by atoms with Crippen LogP contribution in [0.1, 0.15) is 90.9 Å². The van der Waals surface area contributed by atoms with Crippen LogP contribution < -0.4 is 5.32 Å². The Labute approximate surface area is 210 Å². The second-order valence-electron chi connectivity index (χ2n) is 9.58. The molecule has 1 aliphatic heterocycles. The van der Waals surface area contributed by atoms with E-state index < -0.39 is 49.5 Å². The van der Waals surface area contributed by atoms with Gasteiger partial charge in [-0.15, -0.1) is 0 Å². The molecule has 0 aromatic carbocycles. The molecule has 1 rings (SSSR count). The van der Waals surface area contributed by atoms with Crippen molar-refractivity contribution in [3.8, 4) is 0 Å². The molecular weight excluding hydrogens is 454 g/mol. The molecule has 1 amide bonds. The molecule has 1 heterocycles. The van der Waals surface area contributed by atoms with Gasteiger partial charge in [-0.05, 0) is 12.8 Å². The first-order valence-electron chi connectivity index (χ1n) is 13.4. The third-order valence-electron chi connectivity index (χ3n) is 6.40. The Bertz CT molecular complexity index is 574. The fourth-order valence-electron chi connectivity index (χ4n) is 4.19. The molecule has 9 nitrogen and oxygen atoms in total. The topological polar surface area (TPSA) is 149 Å². The number of aliphatic hydroxyl groups is 5. The minimum absolute atomic E-state index is 0.202. The summed E-state index contributed by atoms with van der Waals surface area (Å²) in [5.74, 6) is -0.356. The standard InChI is InChI=1S/C26H49NO8/c1-3-4-5-6-7-8-9-10-11-12-13-14-15-16-21(30)20(27-19(2)29)18-34-26-25(33)24(32)23(31)22(17-28)35-26/h15-16,20-26,28,30-33H,3-14,17-18H2,1-2H3,(H,27,29). The quantitative estimate of drug-likeness (QED) is 0.116. The van der Waals surface area contributed by atoms with Gasteiger partial charge in [0, 0.05) is 6.92 Å². The fraction of sp³-hybridized carbons (Fsp3) is 0.885. The highest BCUT2D eigenvalue weighted by Crippen LogP contribution is 2.22. The van der Waals surface area contributed by atoms with Crippen LogP contribution in [0.2, 0.25) is 0 Å². The van der Waals surface area contributed by atoms with Gasteiger partial charge in [0.05, 0.1) is 25.4 Å². The zero-order chi connectivity index (χ0) is 26.1. The van der Waals surface area contributed by atoms with Gasteiger partial charge in [0.25, 0.3) is 0 Å². The van der Waals surface area contributed by atoms with Gasteiger partial charge in [-0.1, -0.05) is 83.3 Å². The average molecular weight is 504 g/mol. The number of hydrogen-bond acceptors (Lipinski definition) is 8. The van der Waals surface area contributed by atoms with E-state index in [4.69, 9.17) is 9.47 Å². The molecule has 1 fully saturated rings. The first kappa shape index (κ1) is 32.0. The number of carbonyl (C=O) groups is 1. The van der Waals surface area contributed by atoms with Gasteiger partial charge in [0.15, 0.2) is 6.29 Å². The normalized spacial score (nSPS) is 26.7. The predicted molar refractivity (Wildman–Crippen MR) is 134 cm³/mol. The Morgan fingerprint density at radius 1 is 0.943 bits per heavy atom. The third kappa shape index (κ3) is 13.2. The fourth-order valence-corrected chi connectivity index (χ4v) is 4.19. The first-order chi connectivity index (χ1) is 16.8. The average Bonchev–Trinajstić information content (AvgIpc) is 2.83. The van der Waals surface area contributed by atoms with Crippen LogP contribution in [-0.4, -0.2) is 87.5 Å². The van der Waals surface area contributed by atoms with E-state index in [0.29, 0.717) is 0 Å². The van der Waals surface area contributed by atoms with Gasteiger partial charge < -0.3 is 40.3 Å². The van der Waals surface area contributed by atoms with E-state index >= 15 is 0 Å². The van der Waals surface area contributed by atoms with Gasteiger partial charge in [-0.3, -0.25) is 4.79 Å². The zero-order valence-corrected chi connectivity index (χ0v) is 21.6.